The summed E-state index contributed by atoms with van der Waals surface area (Å²) in [4.78, 5) is 101. The quantitative estimate of drug-likeness (QED) is 0.0854. The summed E-state index contributed by atoms with van der Waals surface area (Å²) in [6, 6.07) is 13.8. The molecule has 16 nitrogen and oxygen atoms in total. The van der Waals surface area contributed by atoms with Gasteiger partial charge in [0.1, 0.15) is 0 Å². The molecule has 0 bridgehead atoms. The molecule has 0 radical (unpaired) electrons. The number of imidazole rings is 2. The highest BCUT2D eigenvalue weighted by Crippen LogP contribution is 2.20. The molecule has 52 heavy (non-hydrogen) atoms. The summed E-state index contributed by atoms with van der Waals surface area (Å²) in [6.45, 7) is 2.03. The predicted molar refractivity (Wildman–Crippen MR) is 184 cm³/mol. The maximum Gasteiger partial charge on any atom is 0.347 e. The molecule has 0 saturated carbocycles. The van der Waals surface area contributed by atoms with E-state index in [1.54, 1.807) is 0 Å². The lowest BCUT2D eigenvalue weighted by Crippen LogP contribution is -2.35. The minimum absolute atomic E-state index is 0.00207. The normalized spacial score (nSPS) is 11.2. The van der Waals surface area contributed by atoms with Crippen LogP contribution in [0.1, 0.15) is 76.8 Å². The lowest BCUT2D eigenvalue weighted by Gasteiger charge is -2.08. The van der Waals surface area contributed by atoms with Crippen molar-refractivity contribution in [2.45, 2.75) is 19.9 Å². The van der Waals surface area contributed by atoms with E-state index in [9.17, 15) is 38.7 Å². The maximum absolute atomic E-state index is 13.6. The molecule has 0 atom stereocenters. The van der Waals surface area contributed by atoms with Crippen LogP contribution in [0, 0.1) is 0 Å². The van der Waals surface area contributed by atoms with E-state index in [1.807, 2.05) is 6.92 Å². The number of fused-ring (bicyclic) bond motifs is 3. The number of nitrogens with one attached hydrogen (secondary N) is 1. The number of hydrogen-bond acceptors (Lipinski definition) is 11. The van der Waals surface area contributed by atoms with Gasteiger partial charge in [-0.1, -0.05) is 6.92 Å². The number of carboxylic acid groups (broad SMARTS) is 1. The van der Waals surface area contributed by atoms with Crippen molar-refractivity contribution in [2.24, 2.45) is 0 Å². The Kier molecular flexibility index (Phi) is 8.10. The first-order valence-electron chi connectivity index (χ1n) is 15.6. The van der Waals surface area contributed by atoms with Crippen molar-refractivity contribution in [1.82, 2.24) is 28.3 Å². The SMILES string of the molecule is CCCn1c(=O)[nH]c2ccc(C(=O)c3ncc4ccc(C(=O)OC(=O)c5ccc6cnc(C(=O)c7ccc(N)c(C(=O)O)c7)n6c5)cn34)cc2c1=O. The van der Waals surface area contributed by atoms with Crippen molar-refractivity contribution in [3.8, 4) is 0 Å². The van der Waals surface area contributed by atoms with Crippen LogP contribution in [0.5, 0.6) is 0 Å². The van der Waals surface area contributed by atoms with Crippen molar-refractivity contribution in [3.63, 3.8) is 0 Å². The van der Waals surface area contributed by atoms with Crippen molar-refractivity contribution >= 4 is 57.1 Å². The highest BCUT2D eigenvalue weighted by Gasteiger charge is 2.23. The first-order valence-corrected chi connectivity index (χ1v) is 15.6. The van der Waals surface area contributed by atoms with E-state index < -0.39 is 40.7 Å². The number of ketones is 2. The number of hydrogen-bond donors (Lipinski definition) is 3. The number of nitrogens with zero attached hydrogens (tertiary/aromatic N) is 5. The van der Waals surface area contributed by atoms with Crippen LogP contribution < -0.4 is 17.0 Å². The molecular formula is C36H25N7O9. The van der Waals surface area contributed by atoms with Gasteiger partial charge in [0.05, 0.1) is 51.0 Å². The average Bonchev–Trinajstić information content (AvgIpc) is 3.76. The number of rotatable bonds is 9. The van der Waals surface area contributed by atoms with Gasteiger partial charge in [-0.05, 0) is 67.1 Å². The van der Waals surface area contributed by atoms with Crippen LogP contribution >= 0.6 is 0 Å². The van der Waals surface area contributed by atoms with Crippen LogP contribution in [0.3, 0.4) is 0 Å². The fraction of sp³-hybridized carbons (Fsp3) is 0.0833. The Hall–Kier alpha value is -7.49. The van der Waals surface area contributed by atoms with Crippen molar-refractivity contribution in [3.05, 3.63) is 146 Å². The molecule has 7 rings (SSSR count). The standard InChI is InChI=1S/C36H25N7O9/c1-2-11-41-32(46)25-13-19(6-10-27(25)40-36(41)51)29(45)31-39-15-23-8-4-21(17-43(23)31)35(50)52-34(49)20-3-7-22-14-38-30(42(22)16-20)28(44)18-5-9-26(37)24(12-18)33(47)48/h3-10,12-17H,2,11,37H2,1H3,(H,40,51)(H,47,48). The number of H-pyrrole nitrogens is 1. The zero-order chi connectivity index (χ0) is 36.8. The second kappa shape index (κ2) is 12.8. The number of aromatic nitrogens is 6. The lowest BCUT2D eigenvalue weighted by molar-refractivity contribution is 0.0395. The van der Waals surface area contributed by atoms with Crippen LogP contribution in [-0.2, 0) is 11.3 Å². The smallest absolute Gasteiger partial charge is 0.347 e. The number of nitrogen functional groups attached to an aromatic ring is 1. The first kappa shape index (κ1) is 33.0. The van der Waals surface area contributed by atoms with Crippen LogP contribution in [-0.4, -0.2) is 62.9 Å². The van der Waals surface area contributed by atoms with E-state index in [4.69, 9.17) is 10.5 Å². The number of ether oxygens (including phenoxy) is 1. The first-order chi connectivity index (χ1) is 24.9. The molecule has 2 aromatic carbocycles. The van der Waals surface area contributed by atoms with E-state index in [1.165, 1.54) is 88.2 Å². The number of benzene rings is 2. The summed E-state index contributed by atoms with van der Waals surface area (Å²) in [5.41, 5.74) is 5.39. The van der Waals surface area contributed by atoms with E-state index in [-0.39, 0.29) is 62.6 Å². The summed E-state index contributed by atoms with van der Waals surface area (Å²) in [5, 5.41) is 9.54. The number of pyridine rings is 2. The largest absolute Gasteiger partial charge is 0.478 e. The van der Waals surface area contributed by atoms with Crippen LogP contribution in [0.4, 0.5) is 5.69 Å². The molecule has 258 valence electrons. The maximum atomic E-state index is 13.6. The predicted octanol–water partition coefficient (Wildman–Crippen LogP) is 3.13. The topological polar surface area (TPSA) is 230 Å². The number of carboxylic acids is 1. The number of anilines is 1. The number of carbonyl (C=O) groups is 5. The van der Waals surface area contributed by atoms with E-state index in [0.29, 0.717) is 17.5 Å². The molecule has 5 heterocycles. The summed E-state index contributed by atoms with van der Waals surface area (Å²) in [6.07, 6.45) is 5.88. The Balaban J connectivity index is 1.14. The Morgan fingerprint density at radius 1 is 0.769 bits per heavy atom. The van der Waals surface area contributed by atoms with Gasteiger partial charge in [0, 0.05) is 35.8 Å². The third kappa shape index (κ3) is 5.68. The highest BCUT2D eigenvalue weighted by molar-refractivity contribution is 6.10. The van der Waals surface area contributed by atoms with Gasteiger partial charge < -0.3 is 20.6 Å². The van der Waals surface area contributed by atoms with E-state index >= 15 is 0 Å². The highest BCUT2D eigenvalue weighted by atomic mass is 16.6. The van der Waals surface area contributed by atoms with Crippen molar-refractivity contribution in [1.29, 1.82) is 0 Å². The van der Waals surface area contributed by atoms with Crippen molar-refractivity contribution < 1.29 is 33.8 Å². The molecule has 0 saturated heterocycles. The molecule has 0 fully saturated rings. The van der Waals surface area contributed by atoms with Crippen molar-refractivity contribution in [2.75, 3.05) is 5.73 Å². The Morgan fingerprint density at radius 2 is 1.31 bits per heavy atom. The number of aromatic carboxylic acids is 1. The number of nitrogens with two attached hydrogens (primary N) is 1. The molecule has 0 aliphatic heterocycles. The van der Waals surface area contributed by atoms with Crippen LogP contribution in [0.15, 0.2) is 95.0 Å². The Morgan fingerprint density at radius 3 is 1.87 bits per heavy atom. The van der Waals surface area contributed by atoms with Gasteiger partial charge in [0.15, 0.2) is 11.6 Å². The number of carbonyl (C=O) groups excluding carboxylic acids is 4. The lowest BCUT2D eigenvalue weighted by atomic mass is 10.1. The molecule has 4 N–H and O–H groups in total. The molecule has 0 spiro atoms. The van der Waals surface area contributed by atoms with Gasteiger partial charge in [0.2, 0.25) is 11.6 Å². The zero-order valence-corrected chi connectivity index (χ0v) is 27.0. The van der Waals surface area contributed by atoms with Crippen LogP contribution in [0.2, 0.25) is 0 Å². The second-order valence-electron chi connectivity index (χ2n) is 11.7. The summed E-state index contributed by atoms with van der Waals surface area (Å²) in [5.74, 6) is -4.85. The fourth-order valence-electron chi connectivity index (χ4n) is 5.72. The monoisotopic (exact) mass is 699 g/mol. The summed E-state index contributed by atoms with van der Waals surface area (Å²) < 4.78 is 8.85. The summed E-state index contributed by atoms with van der Waals surface area (Å²) >= 11 is 0. The molecule has 5 aromatic heterocycles. The minimum Gasteiger partial charge on any atom is -0.478 e. The molecule has 0 aliphatic carbocycles. The van der Waals surface area contributed by atoms with Gasteiger partial charge in [-0.25, -0.2) is 29.1 Å². The van der Waals surface area contributed by atoms with E-state index in [2.05, 4.69) is 15.0 Å². The molecule has 0 amide bonds. The van der Waals surface area contributed by atoms with Gasteiger partial charge in [-0.15, -0.1) is 0 Å². The molecule has 0 aliphatic rings. The Bertz CT molecular complexity index is 2810. The third-order valence-electron chi connectivity index (χ3n) is 8.35. The zero-order valence-electron chi connectivity index (χ0n) is 27.0. The average molecular weight is 700 g/mol. The van der Waals surface area contributed by atoms with Gasteiger partial charge in [-0.3, -0.25) is 27.8 Å². The minimum atomic E-state index is -1.31. The molecule has 16 heteroatoms. The molecule has 7 aromatic rings. The van der Waals surface area contributed by atoms with Gasteiger partial charge in [0.25, 0.3) is 5.56 Å². The third-order valence-corrected chi connectivity index (χ3v) is 8.35. The molecule has 0 unspecified atom stereocenters. The number of aromatic amines is 1. The molecular weight excluding hydrogens is 674 g/mol. The van der Waals surface area contributed by atoms with Gasteiger partial charge >= 0.3 is 23.6 Å². The van der Waals surface area contributed by atoms with Gasteiger partial charge in [-0.2, -0.15) is 0 Å². The van der Waals surface area contributed by atoms with Crippen LogP contribution in [0.25, 0.3) is 21.9 Å². The summed E-state index contributed by atoms with van der Waals surface area (Å²) in [7, 11) is 0. The van der Waals surface area contributed by atoms with E-state index in [0.717, 1.165) is 10.6 Å². The second-order valence-corrected chi connectivity index (χ2v) is 11.7. The fourth-order valence-corrected chi connectivity index (χ4v) is 5.72. The Labute approximate surface area is 290 Å². The number of esters is 2.